The van der Waals surface area contributed by atoms with Gasteiger partial charge in [-0.25, -0.2) is 9.97 Å². The number of thiophene rings is 1. The topological polar surface area (TPSA) is 30.7 Å². The van der Waals surface area contributed by atoms with E-state index >= 15 is 0 Å². The number of benzene rings is 1. The van der Waals surface area contributed by atoms with E-state index in [0.717, 1.165) is 24.4 Å². The van der Waals surface area contributed by atoms with E-state index in [1.54, 1.807) is 11.6 Å². The molecule has 0 N–H and O–H groups in total. The summed E-state index contributed by atoms with van der Waals surface area (Å²) in [6.45, 7) is 1.87. The molecule has 11 heteroatoms. The Morgan fingerprint density at radius 1 is 1.03 bits per heavy atom. The molecular weight excluding hydrogens is 448 g/mol. The summed E-state index contributed by atoms with van der Waals surface area (Å²) in [5.74, 6) is 0.970. The highest BCUT2D eigenvalue weighted by Gasteiger charge is 2.33. The molecule has 0 unspecified atom stereocenters. The summed E-state index contributed by atoms with van der Waals surface area (Å²) in [5, 5.41) is 0.452. The van der Waals surface area contributed by atoms with Gasteiger partial charge in [-0.3, -0.25) is 0 Å². The van der Waals surface area contributed by atoms with Crippen molar-refractivity contribution in [2.75, 3.05) is 5.75 Å². The van der Waals surface area contributed by atoms with Crippen molar-refractivity contribution >= 4 is 44.3 Å². The standard InChI is InChI=1S/C19H13F6N3S2/c1-3-29-14-11-6-9(18(20,21)22)4-5-13(11)30-15(14)17-27-12-7-10(19(23,24)25)8-26-16(12)28(17)2/h4-8H,3H2,1-2H3. The summed E-state index contributed by atoms with van der Waals surface area (Å²) in [6.07, 6.45) is -8.27. The van der Waals surface area contributed by atoms with Crippen molar-refractivity contribution < 1.29 is 26.3 Å². The minimum atomic E-state index is -4.55. The monoisotopic (exact) mass is 461 g/mol. The van der Waals surface area contributed by atoms with Gasteiger partial charge in [-0.1, -0.05) is 6.92 Å². The van der Waals surface area contributed by atoms with E-state index in [9.17, 15) is 26.3 Å². The summed E-state index contributed by atoms with van der Waals surface area (Å²) in [5.41, 5.74) is -1.32. The summed E-state index contributed by atoms with van der Waals surface area (Å²) in [7, 11) is 1.62. The van der Waals surface area contributed by atoms with Gasteiger partial charge in [-0.05, 0) is 30.0 Å². The molecule has 0 aliphatic carbocycles. The number of halogens is 6. The molecule has 0 aliphatic heterocycles. The van der Waals surface area contributed by atoms with Gasteiger partial charge < -0.3 is 4.57 Å². The van der Waals surface area contributed by atoms with Crippen LogP contribution in [0.25, 0.3) is 32.0 Å². The molecule has 0 atom stereocenters. The van der Waals surface area contributed by atoms with Crippen LogP contribution in [0.5, 0.6) is 0 Å². The Hall–Kier alpha value is -2.27. The number of imidazole rings is 1. The Bertz CT molecular complexity index is 1250. The second-order valence-corrected chi connectivity index (χ2v) is 8.79. The lowest BCUT2D eigenvalue weighted by Crippen LogP contribution is -2.05. The maximum absolute atomic E-state index is 13.2. The van der Waals surface area contributed by atoms with E-state index in [1.807, 2.05) is 6.92 Å². The lowest BCUT2D eigenvalue weighted by Gasteiger charge is -2.07. The van der Waals surface area contributed by atoms with Gasteiger partial charge in [0.05, 0.1) is 16.0 Å². The molecule has 4 rings (SSSR count). The number of hydrogen-bond acceptors (Lipinski definition) is 4. The fourth-order valence-electron chi connectivity index (χ4n) is 3.12. The summed E-state index contributed by atoms with van der Waals surface area (Å²) in [4.78, 5) is 9.47. The van der Waals surface area contributed by atoms with Crippen LogP contribution in [0.15, 0.2) is 35.4 Å². The second-order valence-electron chi connectivity index (χ2n) is 6.46. The summed E-state index contributed by atoms with van der Waals surface area (Å²) in [6, 6.07) is 4.47. The zero-order chi connectivity index (χ0) is 21.8. The van der Waals surface area contributed by atoms with Crippen LogP contribution >= 0.6 is 23.1 Å². The first kappa shape index (κ1) is 21.0. The first-order valence-electron chi connectivity index (χ1n) is 8.67. The number of nitrogens with zero attached hydrogens (tertiary/aromatic N) is 3. The van der Waals surface area contributed by atoms with Crippen LogP contribution in [0, 0.1) is 0 Å². The Balaban J connectivity index is 1.95. The van der Waals surface area contributed by atoms with Gasteiger partial charge in [0.15, 0.2) is 11.5 Å². The zero-order valence-electron chi connectivity index (χ0n) is 15.5. The minimum Gasteiger partial charge on any atom is -0.311 e. The third-order valence-electron chi connectivity index (χ3n) is 4.50. The molecule has 0 aliphatic rings. The fourth-order valence-corrected chi connectivity index (χ4v) is 5.43. The molecular formula is C19H13F6N3S2. The molecule has 0 bridgehead atoms. The van der Waals surface area contributed by atoms with Crippen LogP contribution in [0.2, 0.25) is 0 Å². The quantitative estimate of drug-likeness (QED) is 0.243. The molecule has 3 nitrogen and oxygen atoms in total. The van der Waals surface area contributed by atoms with Gasteiger partial charge in [-0.2, -0.15) is 26.3 Å². The van der Waals surface area contributed by atoms with E-state index in [4.69, 9.17) is 0 Å². The highest BCUT2D eigenvalue weighted by atomic mass is 32.2. The highest BCUT2D eigenvalue weighted by Crippen LogP contribution is 2.46. The van der Waals surface area contributed by atoms with Crippen molar-refractivity contribution in [1.82, 2.24) is 14.5 Å². The Kier molecular flexibility index (Phi) is 5.00. The van der Waals surface area contributed by atoms with Crippen LogP contribution < -0.4 is 0 Å². The van der Waals surface area contributed by atoms with E-state index in [2.05, 4.69) is 9.97 Å². The van der Waals surface area contributed by atoms with Gasteiger partial charge in [0, 0.05) is 28.2 Å². The summed E-state index contributed by atoms with van der Waals surface area (Å²) >= 11 is 2.62. The number of thioether (sulfide) groups is 1. The molecule has 0 spiro atoms. The lowest BCUT2D eigenvalue weighted by atomic mass is 10.1. The predicted molar refractivity (Wildman–Crippen MR) is 106 cm³/mol. The van der Waals surface area contributed by atoms with Crippen molar-refractivity contribution in [2.45, 2.75) is 24.2 Å². The van der Waals surface area contributed by atoms with Crippen LogP contribution in [-0.4, -0.2) is 20.3 Å². The number of pyridine rings is 1. The van der Waals surface area contributed by atoms with Crippen molar-refractivity contribution in [3.05, 3.63) is 41.6 Å². The van der Waals surface area contributed by atoms with Crippen LogP contribution in [-0.2, 0) is 19.4 Å². The van der Waals surface area contributed by atoms with Gasteiger partial charge in [0.25, 0.3) is 0 Å². The average Bonchev–Trinajstić information content (AvgIpc) is 3.18. The predicted octanol–water partition coefficient (Wildman–Crippen LogP) is 7.00. The number of rotatable bonds is 3. The van der Waals surface area contributed by atoms with Gasteiger partial charge in [0.2, 0.25) is 0 Å². The number of aromatic nitrogens is 3. The first-order valence-corrected chi connectivity index (χ1v) is 10.5. The Morgan fingerprint density at radius 2 is 1.73 bits per heavy atom. The SMILES string of the molecule is CCSc1c(-c2nc3cc(C(F)(F)F)cnc3n2C)sc2ccc(C(F)(F)F)cc12. The van der Waals surface area contributed by atoms with Crippen LogP contribution in [0.3, 0.4) is 0 Å². The van der Waals surface area contributed by atoms with Crippen LogP contribution in [0.1, 0.15) is 18.1 Å². The van der Waals surface area contributed by atoms with Crippen molar-refractivity contribution in [1.29, 1.82) is 0 Å². The highest BCUT2D eigenvalue weighted by molar-refractivity contribution is 7.99. The fraction of sp³-hybridized carbons (Fsp3) is 0.263. The molecule has 158 valence electrons. The molecule has 0 fully saturated rings. The van der Waals surface area contributed by atoms with Gasteiger partial charge in [-0.15, -0.1) is 23.1 Å². The Labute approximate surface area is 174 Å². The molecule has 0 radical (unpaired) electrons. The summed E-state index contributed by atoms with van der Waals surface area (Å²) < 4.78 is 80.8. The molecule has 30 heavy (non-hydrogen) atoms. The molecule has 1 aromatic carbocycles. The largest absolute Gasteiger partial charge is 0.417 e. The average molecular weight is 461 g/mol. The third-order valence-corrected chi connectivity index (χ3v) is 6.80. The maximum Gasteiger partial charge on any atom is 0.417 e. The van der Waals surface area contributed by atoms with Crippen LogP contribution in [0.4, 0.5) is 26.3 Å². The Morgan fingerprint density at radius 3 is 2.37 bits per heavy atom. The number of alkyl halides is 6. The van der Waals surface area contributed by atoms with Gasteiger partial charge in [0.1, 0.15) is 5.52 Å². The van der Waals surface area contributed by atoms with E-state index in [0.29, 0.717) is 31.4 Å². The minimum absolute atomic E-state index is 0.0724. The van der Waals surface area contributed by atoms with Crippen molar-refractivity contribution in [3.63, 3.8) is 0 Å². The molecule has 3 aromatic heterocycles. The molecule has 0 saturated carbocycles. The lowest BCUT2D eigenvalue weighted by molar-refractivity contribution is -0.138. The van der Waals surface area contributed by atoms with Gasteiger partial charge >= 0.3 is 12.4 Å². The smallest absolute Gasteiger partial charge is 0.311 e. The molecule has 3 heterocycles. The number of fused-ring (bicyclic) bond motifs is 2. The zero-order valence-corrected chi connectivity index (χ0v) is 17.2. The molecule has 0 amide bonds. The van der Waals surface area contributed by atoms with Crippen molar-refractivity contribution in [3.8, 4) is 10.7 Å². The molecule has 4 aromatic rings. The number of aryl methyl sites for hydroxylation is 1. The molecule has 0 saturated heterocycles. The first-order chi connectivity index (χ1) is 14.0. The van der Waals surface area contributed by atoms with Crippen molar-refractivity contribution in [2.24, 2.45) is 7.05 Å². The van der Waals surface area contributed by atoms with E-state index in [-0.39, 0.29) is 11.2 Å². The number of hydrogen-bond donors (Lipinski definition) is 0. The van der Waals surface area contributed by atoms with E-state index in [1.165, 1.54) is 29.2 Å². The third kappa shape index (κ3) is 3.53. The maximum atomic E-state index is 13.2. The normalized spacial score (nSPS) is 12.9. The van der Waals surface area contributed by atoms with E-state index < -0.39 is 23.5 Å². The second kappa shape index (κ2) is 7.16.